The second-order valence-electron chi connectivity index (χ2n) is 5.46. The van der Waals surface area contributed by atoms with Crippen molar-refractivity contribution in [2.24, 2.45) is 5.92 Å². The van der Waals surface area contributed by atoms with Crippen molar-refractivity contribution in [1.82, 2.24) is 5.32 Å². The molecule has 0 spiro atoms. The first-order chi connectivity index (χ1) is 9.13. The third-order valence-electron chi connectivity index (χ3n) is 4.38. The lowest BCUT2D eigenvalue weighted by atomic mass is 9.80. The summed E-state index contributed by atoms with van der Waals surface area (Å²) in [6, 6.07) is 5.98. The van der Waals surface area contributed by atoms with Gasteiger partial charge < -0.3 is 5.32 Å². The molecule has 0 radical (unpaired) electrons. The minimum Gasteiger partial charge on any atom is -0.317 e. The van der Waals surface area contributed by atoms with Gasteiger partial charge in [0.1, 0.15) is 0 Å². The van der Waals surface area contributed by atoms with E-state index in [2.05, 4.69) is 5.32 Å². The molecule has 1 aliphatic rings. The second-order valence-corrected chi connectivity index (χ2v) is 5.46. The molecule has 0 aromatic heterocycles. The van der Waals surface area contributed by atoms with Crippen LogP contribution < -0.4 is 5.32 Å². The van der Waals surface area contributed by atoms with Crippen LogP contribution in [0.4, 0.5) is 5.69 Å². The van der Waals surface area contributed by atoms with Crippen LogP contribution in [-0.2, 0) is 6.42 Å². The van der Waals surface area contributed by atoms with E-state index in [1.54, 1.807) is 12.1 Å². The van der Waals surface area contributed by atoms with Gasteiger partial charge in [0.05, 0.1) is 4.92 Å². The van der Waals surface area contributed by atoms with Gasteiger partial charge in [-0.1, -0.05) is 25.0 Å². The Hall–Kier alpha value is -1.42. The molecule has 4 nitrogen and oxygen atoms in total. The summed E-state index contributed by atoms with van der Waals surface area (Å²) in [5.41, 5.74) is 2.20. The molecule has 104 valence electrons. The Labute approximate surface area is 114 Å². The average Bonchev–Trinajstić information content (AvgIpc) is 2.41. The van der Waals surface area contributed by atoms with Gasteiger partial charge in [0.2, 0.25) is 0 Å². The minimum absolute atomic E-state index is 0.245. The first-order valence-electron chi connectivity index (χ1n) is 7.03. The molecule has 1 aromatic rings. The van der Waals surface area contributed by atoms with E-state index in [4.69, 9.17) is 0 Å². The summed E-state index contributed by atoms with van der Waals surface area (Å²) in [4.78, 5) is 10.7. The zero-order valence-corrected chi connectivity index (χ0v) is 11.7. The zero-order chi connectivity index (χ0) is 13.8. The zero-order valence-electron chi connectivity index (χ0n) is 11.7. The molecule has 0 bridgehead atoms. The number of nitrogens with zero attached hydrogens (tertiary/aromatic N) is 1. The fourth-order valence-corrected chi connectivity index (χ4v) is 3.20. The third kappa shape index (κ3) is 3.13. The Morgan fingerprint density at radius 2 is 2.11 bits per heavy atom. The van der Waals surface area contributed by atoms with Crippen LogP contribution >= 0.6 is 0 Å². The Bertz CT molecular complexity index is 459. The number of hydrogen-bond acceptors (Lipinski definition) is 3. The molecule has 1 N–H and O–H groups in total. The van der Waals surface area contributed by atoms with Gasteiger partial charge in [0.15, 0.2) is 0 Å². The van der Waals surface area contributed by atoms with Crippen LogP contribution in [-0.4, -0.2) is 18.0 Å². The van der Waals surface area contributed by atoms with Crippen molar-refractivity contribution in [3.8, 4) is 0 Å². The average molecular weight is 262 g/mol. The summed E-state index contributed by atoms with van der Waals surface area (Å²) in [7, 11) is 2.02. The molecule has 1 aliphatic carbocycles. The molecule has 1 aromatic carbocycles. The van der Waals surface area contributed by atoms with Crippen molar-refractivity contribution in [3.63, 3.8) is 0 Å². The van der Waals surface area contributed by atoms with Gasteiger partial charge in [0.25, 0.3) is 5.69 Å². The van der Waals surface area contributed by atoms with Crippen molar-refractivity contribution in [1.29, 1.82) is 0 Å². The van der Waals surface area contributed by atoms with E-state index in [1.807, 2.05) is 20.0 Å². The highest BCUT2D eigenvalue weighted by atomic mass is 16.6. The monoisotopic (exact) mass is 262 g/mol. The highest BCUT2D eigenvalue weighted by molar-refractivity contribution is 5.44. The van der Waals surface area contributed by atoms with Gasteiger partial charge in [-0.05, 0) is 44.7 Å². The Morgan fingerprint density at radius 1 is 1.37 bits per heavy atom. The van der Waals surface area contributed by atoms with E-state index in [1.165, 1.54) is 25.7 Å². The molecule has 0 saturated heterocycles. The van der Waals surface area contributed by atoms with Crippen LogP contribution in [0.3, 0.4) is 0 Å². The third-order valence-corrected chi connectivity index (χ3v) is 4.38. The van der Waals surface area contributed by atoms with Gasteiger partial charge in [-0.3, -0.25) is 10.1 Å². The van der Waals surface area contributed by atoms with E-state index in [-0.39, 0.29) is 10.6 Å². The fourth-order valence-electron chi connectivity index (χ4n) is 3.20. The maximum absolute atomic E-state index is 11.0. The smallest absolute Gasteiger partial charge is 0.272 e. The van der Waals surface area contributed by atoms with Crippen molar-refractivity contribution >= 4 is 5.69 Å². The second kappa shape index (κ2) is 6.15. The van der Waals surface area contributed by atoms with Crippen molar-refractivity contribution < 1.29 is 4.92 Å². The van der Waals surface area contributed by atoms with Gasteiger partial charge in [0, 0.05) is 17.7 Å². The van der Waals surface area contributed by atoms with Crippen LogP contribution in [0.5, 0.6) is 0 Å². The number of nitro groups is 1. The lowest BCUT2D eigenvalue weighted by molar-refractivity contribution is -0.385. The summed E-state index contributed by atoms with van der Waals surface area (Å²) in [5, 5.41) is 14.4. The summed E-state index contributed by atoms with van der Waals surface area (Å²) < 4.78 is 0. The first kappa shape index (κ1) is 14.0. The maximum Gasteiger partial charge on any atom is 0.272 e. The Morgan fingerprint density at radius 3 is 2.79 bits per heavy atom. The minimum atomic E-state index is -0.282. The molecule has 2 rings (SSSR count). The van der Waals surface area contributed by atoms with Crippen molar-refractivity contribution in [3.05, 3.63) is 39.4 Å². The summed E-state index contributed by atoms with van der Waals surface area (Å²) in [6.45, 7) is 1.87. The molecule has 0 heterocycles. The van der Waals surface area contributed by atoms with Crippen LogP contribution in [0.2, 0.25) is 0 Å². The molecular weight excluding hydrogens is 240 g/mol. The Balaban J connectivity index is 2.18. The van der Waals surface area contributed by atoms with E-state index in [0.29, 0.717) is 12.0 Å². The number of hydrogen-bond donors (Lipinski definition) is 1. The number of nitro benzene ring substituents is 1. The highest BCUT2D eigenvalue weighted by Gasteiger charge is 2.25. The van der Waals surface area contributed by atoms with Gasteiger partial charge in [-0.25, -0.2) is 0 Å². The van der Waals surface area contributed by atoms with E-state index in [0.717, 1.165) is 17.5 Å². The van der Waals surface area contributed by atoms with E-state index in [9.17, 15) is 10.1 Å². The molecule has 2 atom stereocenters. The van der Waals surface area contributed by atoms with Crippen LogP contribution in [0, 0.1) is 23.0 Å². The largest absolute Gasteiger partial charge is 0.317 e. The lowest BCUT2D eigenvalue weighted by Gasteiger charge is -2.31. The highest BCUT2D eigenvalue weighted by Crippen LogP contribution is 2.30. The van der Waals surface area contributed by atoms with Gasteiger partial charge >= 0.3 is 0 Å². The number of nitrogens with one attached hydrogen (secondary N) is 1. The van der Waals surface area contributed by atoms with Crippen LogP contribution in [0.25, 0.3) is 0 Å². The van der Waals surface area contributed by atoms with Crippen LogP contribution in [0.1, 0.15) is 36.8 Å². The molecule has 1 saturated carbocycles. The SMILES string of the molecule is CNC1CCCCC1Cc1cccc([N+](=O)[O-])c1C. The predicted octanol–water partition coefficient (Wildman–Crippen LogP) is 3.22. The predicted molar refractivity (Wildman–Crippen MR) is 76.3 cm³/mol. The molecule has 0 amide bonds. The lowest BCUT2D eigenvalue weighted by Crippen LogP contribution is -2.37. The molecule has 2 unspecified atom stereocenters. The summed E-state index contributed by atoms with van der Waals surface area (Å²) in [5.74, 6) is 0.597. The molecule has 1 fully saturated rings. The maximum atomic E-state index is 11.0. The topological polar surface area (TPSA) is 55.2 Å². The Kier molecular flexibility index (Phi) is 4.53. The first-order valence-corrected chi connectivity index (χ1v) is 7.03. The number of benzene rings is 1. The van der Waals surface area contributed by atoms with E-state index < -0.39 is 0 Å². The summed E-state index contributed by atoms with van der Waals surface area (Å²) in [6.07, 6.45) is 5.94. The summed E-state index contributed by atoms with van der Waals surface area (Å²) >= 11 is 0. The van der Waals surface area contributed by atoms with Gasteiger partial charge in [-0.15, -0.1) is 0 Å². The van der Waals surface area contributed by atoms with Crippen LogP contribution in [0.15, 0.2) is 18.2 Å². The van der Waals surface area contributed by atoms with Crippen molar-refractivity contribution in [2.75, 3.05) is 7.05 Å². The molecule has 4 heteroatoms. The normalized spacial score (nSPS) is 23.3. The number of rotatable bonds is 4. The molecule has 19 heavy (non-hydrogen) atoms. The molecule has 0 aliphatic heterocycles. The molecular formula is C15H22N2O2. The van der Waals surface area contributed by atoms with E-state index >= 15 is 0 Å². The van der Waals surface area contributed by atoms with Gasteiger partial charge in [-0.2, -0.15) is 0 Å². The standard InChI is InChI=1S/C15H22N2O2/c1-11-12(7-5-9-15(11)17(18)19)10-13-6-3-4-8-14(13)16-2/h5,7,9,13-14,16H,3-4,6,8,10H2,1-2H3. The van der Waals surface area contributed by atoms with Crippen molar-refractivity contribution in [2.45, 2.75) is 45.1 Å². The quantitative estimate of drug-likeness (QED) is 0.669. The fraction of sp³-hybridized carbons (Fsp3) is 0.600.